The molecule has 6 heteroatoms. The molecule has 0 spiro atoms. The smallest absolute Gasteiger partial charge is 0.361 e. The highest BCUT2D eigenvalue weighted by Crippen LogP contribution is 2.72. The van der Waals surface area contributed by atoms with E-state index in [0.29, 0.717) is 5.69 Å². The van der Waals surface area contributed by atoms with Crippen molar-refractivity contribution in [1.82, 2.24) is 0 Å². The second-order valence-corrected chi connectivity index (χ2v) is 7.64. The molecule has 2 nitrogen and oxygen atoms in total. The fourth-order valence-electron chi connectivity index (χ4n) is 4.14. The van der Waals surface area contributed by atoms with Crippen molar-refractivity contribution >= 4 is 17.4 Å². The standard InChI is InChI=1S/C14H15F3N2S/c1-19-9-4-8(14(15,16)17)2-3-10(9)20-11(19)12-5-13(18,6-12)7-12/h2-4,11H,5-7,18H2,1H3. The molecule has 0 radical (unpaired) electrons. The summed E-state index contributed by atoms with van der Waals surface area (Å²) in [6.45, 7) is 0. The lowest BCUT2D eigenvalue weighted by Crippen LogP contribution is -2.76. The van der Waals surface area contributed by atoms with E-state index >= 15 is 0 Å². The number of anilines is 1. The van der Waals surface area contributed by atoms with E-state index in [4.69, 9.17) is 5.73 Å². The Morgan fingerprint density at radius 3 is 2.50 bits per heavy atom. The summed E-state index contributed by atoms with van der Waals surface area (Å²) in [6, 6.07) is 4.05. The quantitative estimate of drug-likeness (QED) is 0.861. The van der Waals surface area contributed by atoms with Gasteiger partial charge in [0.25, 0.3) is 0 Å². The largest absolute Gasteiger partial charge is 0.416 e. The van der Waals surface area contributed by atoms with Crippen LogP contribution in [0.1, 0.15) is 24.8 Å². The van der Waals surface area contributed by atoms with E-state index in [-0.39, 0.29) is 16.3 Å². The van der Waals surface area contributed by atoms with Crippen molar-refractivity contribution in [2.24, 2.45) is 11.1 Å². The average molecular weight is 300 g/mol. The van der Waals surface area contributed by atoms with Crippen LogP contribution >= 0.6 is 11.8 Å². The number of fused-ring (bicyclic) bond motifs is 1. The van der Waals surface area contributed by atoms with Gasteiger partial charge in [-0.3, -0.25) is 0 Å². The zero-order chi connectivity index (χ0) is 14.3. The Morgan fingerprint density at radius 1 is 1.30 bits per heavy atom. The minimum absolute atomic E-state index is 0.0211. The first-order valence-electron chi connectivity index (χ1n) is 6.62. The maximum Gasteiger partial charge on any atom is 0.416 e. The molecule has 3 aliphatic carbocycles. The van der Waals surface area contributed by atoms with Crippen LogP contribution in [0.4, 0.5) is 18.9 Å². The molecule has 5 rings (SSSR count). The lowest BCUT2D eigenvalue weighted by atomic mass is 9.39. The molecule has 20 heavy (non-hydrogen) atoms. The lowest BCUT2D eigenvalue weighted by Gasteiger charge is -2.71. The maximum atomic E-state index is 12.8. The van der Waals surface area contributed by atoms with E-state index in [2.05, 4.69) is 0 Å². The first kappa shape index (κ1) is 12.8. The molecule has 0 saturated heterocycles. The van der Waals surface area contributed by atoms with Crippen LogP contribution in [-0.2, 0) is 6.18 Å². The van der Waals surface area contributed by atoms with Crippen molar-refractivity contribution in [2.45, 2.75) is 41.2 Å². The third-order valence-electron chi connectivity index (χ3n) is 4.89. The fourth-order valence-corrected chi connectivity index (χ4v) is 5.62. The summed E-state index contributed by atoms with van der Waals surface area (Å²) < 4.78 is 38.4. The van der Waals surface area contributed by atoms with Crippen LogP contribution in [0.25, 0.3) is 0 Å². The third-order valence-corrected chi connectivity index (χ3v) is 6.53. The number of benzene rings is 1. The van der Waals surface area contributed by atoms with Crippen molar-refractivity contribution in [3.63, 3.8) is 0 Å². The number of alkyl halides is 3. The molecule has 108 valence electrons. The molecule has 3 fully saturated rings. The van der Waals surface area contributed by atoms with Crippen LogP contribution in [0, 0.1) is 5.41 Å². The van der Waals surface area contributed by atoms with Gasteiger partial charge in [0, 0.05) is 22.9 Å². The molecule has 4 aliphatic rings. The van der Waals surface area contributed by atoms with Gasteiger partial charge in [0.2, 0.25) is 0 Å². The van der Waals surface area contributed by atoms with E-state index in [1.54, 1.807) is 17.8 Å². The Bertz CT molecular complexity index is 579. The topological polar surface area (TPSA) is 29.3 Å². The summed E-state index contributed by atoms with van der Waals surface area (Å²) in [5.74, 6) is 0. The van der Waals surface area contributed by atoms with Crippen molar-refractivity contribution in [2.75, 3.05) is 11.9 Å². The van der Waals surface area contributed by atoms with Gasteiger partial charge in [0.1, 0.15) is 0 Å². The molecule has 0 amide bonds. The van der Waals surface area contributed by atoms with Gasteiger partial charge in [0.05, 0.1) is 16.6 Å². The van der Waals surface area contributed by atoms with E-state index in [9.17, 15) is 13.2 Å². The van der Waals surface area contributed by atoms with Crippen molar-refractivity contribution in [3.8, 4) is 0 Å². The van der Waals surface area contributed by atoms with Crippen LogP contribution in [0.3, 0.4) is 0 Å². The summed E-state index contributed by atoms with van der Waals surface area (Å²) in [7, 11) is 1.90. The highest BCUT2D eigenvalue weighted by Gasteiger charge is 2.70. The normalized spacial score (nSPS) is 38.2. The molecule has 1 aromatic carbocycles. The Balaban J connectivity index is 1.64. The first-order chi connectivity index (χ1) is 9.23. The molecule has 2 bridgehead atoms. The lowest BCUT2D eigenvalue weighted by molar-refractivity contribution is -0.137. The van der Waals surface area contributed by atoms with Gasteiger partial charge < -0.3 is 10.6 Å². The highest BCUT2D eigenvalue weighted by molar-refractivity contribution is 8.00. The fraction of sp³-hybridized carbons (Fsp3) is 0.571. The van der Waals surface area contributed by atoms with Crippen LogP contribution in [0.2, 0.25) is 0 Å². The van der Waals surface area contributed by atoms with E-state index in [1.165, 1.54) is 12.1 Å². The number of nitrogens with two attached hydrogens (primary N) is 1. The third kappa shape index (κ3) is 1.52. The Morgan fingerprint density at radius 2 is 1.95 bits per heavy atom. The maximum absolute atomic E-state index is 12.8. The molecule has 1 aromatic rings. The predicted octanol–water partition coefficient (Wildman–Crippen LogP) is 3.45. The number of rotatable bonds is 1. The second kappa shape index (κ2) is 3.47. The van der Waals surface area contributed by atoms with Crippen molar-refractivity contribution < 1.29 is 13.2 Å². The molecule has 1 unspecified atom stereocenters. The molecule has 1 aliphatic heterocycles. The molecule has 3 saturated carbocycles. The molecule has 0 aromatic heterocycles. The monoisotopic (exact) mass is 300 g/mol. The van der Waals surface area contributed by atoms with Gasteiger partial charge in [-0.2, -0.15) is 13.2 Å². The van der Waals surface area contributed by atoms with Crippen LogP contribution < -0.4 is 10.6 Å². The summed E-state index contributed by atoms with van der Waals surface area (Å²) in [5, 5.41) is 0.228. The molecule has 1 atom stereocenters. The second-order valence-electron chi connectivity index (χ2n) is 6.52. The number of halogens is 3. The number of nitrogens with zero attached hydrogens (tertiary/aromatic N) is 1. The van der Waals surface area contributed by atoms with Gasteiger partial charge in [-0.25, -0.2) is 0 Å². The molecule has 1 heterocycles. The molecular formula is C14H15F3N2S. The van der Waals surface area contributed by atoms with Gasteiger partial charge in [-0.15, -0.1) is 0 Å². The van der Waals surface area contributed by atoms with Gasteiger partial charge >= 0.3 is 6.18 Å². The minimum Gasteiger partial charge on any atom is -0.361 e. The average Bonchev–Trinajstić information content (AvgIpc) is 2.60. The zero-order valence-corrected chi connectivity index (χ0v) is 11.8. The summed E-state index contributed by atoms with van der Waals surface area (Å²) in [4.78, 5) is 2.95. The van der Waals surface area contributed by atoms with Gasteiger partial charge in [0.15, 0.2) is 0 Å². The minimum atomic E-state index is -4.28. The molecular weight excluding hydrogens is 285 g/mol. The van der Waals surface area contributed by atoms with Crippen LogP contribution in [0.5, 0.6) is 0 Å². The number of hydrogen-bond donors (Lipinski definition) is 1. The van der Waals surface area contributed by atoms with Crippen LogP contribution in [-0.4, -0.2) is 18.0 Å². The highest BCUT2D eigenvalue weighted by atomic mass is 32.2. The Kier molecular flexibility index (Phi) is 2.23. The van der Waals surface area contributed by atoms with Crippen molar-refractivity contribution in [1.29, 1.82) is 0 Å². The molecule has 2 N–H and O–H groups in total. The zero-order valence-electron chi connectivity index (χ0n) is 11.0. The van der Waals surface area contributed by atoms with Crippen LogP contribution in [0.15, 0.2) is 23.1 Å². The number of hydrogen-bond acceptors (Lipinski definition) is 3. The predicted molar refractivity (Wildman–Crippen MR) is 72.7 cm³/mol. The summed E-state index contributed by atoms with van der Waals surface area (Å²) in [6.07, 6.45) is -1.28. The summed E-state index contributed by atoms with van der Waals surface area (Å²) >= 11 is 1.69. The van der Waals surface area contributed by atoms with Crippen molar-refractivity contribution in [3.05, 3.63) is 23.8 Å². The first-order valence-corrected chi connectivity index (χ1v) is 7.50. The van der Waals surface area contributed by atoms with Gasteiger partial charge in [-0.1, -0.05) is 11.8 Å². The Hall–Kier alpha value is -0.880. The van der Waals surface area contributed by atoms with E-state index in [0.717, 1.165) is 24.2 Å². The number of thioether (sulfide) groups is 1. The van der Waals surface area contributed by atoms with E-state index in [1.807, 2.05) is 11.9 Å². The van der Waals surface area contributed by atoms with Gasteiger partial charge in [-0.05, 0) is 37.5 Å². The Labute approximate surface area is 119 Å². The van der Waals surface area contributed by atoms with E-state index < -0.39 is 11.7 Å². The SMILES string of the molecule is CN1c2cc(C(F)(F)F)ccc2SC1C12CC(N)(C1)C2. The summed E-state index contributed by atoms with van der Waals surface area (Å²) in [5.41, 5.74) is 6.46.